The van der Waals surface area contributed by atoms with Crippen molar-refractivity contribution < 1.29 is 50.5 Å². The smallest absolute Gasteiger partial charge is 0.475 e. The lowest BCUT2D eigenvalue weighted by atomic mass is 9.91. The molecular weight excluding hydrogens is 555 g/mol. The summed E-state index contributed by atoms with van der Waals surface area (Å²) in [5, 5.41) is 14.2. The number of aliphatic carboxylic acids is 2. The van der Waals surface area contributed by atoms with Gasteiger partial charge in [0.2, 0.25) is 0 Å². The normalized spacial score (nSPS) is 16.3. The number of piperazine rings is 1. The number of alkyl halides is 6. The van der Waals surface area contributed by atoms with Crippen LogP contribution in [0.5, 0.6) is 0 Å². The van der Waals surface area contributed by atoms with Crippen LogP contribution in [0.1, 0.15) is 19.3 Å². The fraction of sp³-hybridized carbons (Fsp3) is 0.417. The predicted molar refractivity (Wildman–Crippen MR) is 127 cm³/mol. The maximum absolute atomic E-state index is 13.6. The molecule has 1 aliphatic carbocycles. The molecule has 0 atom stereocenters. The summed E-state index contributed by atoms with van der Waals surface area (Å²) in [5.74, 6) is -4.83. The molecule has 3 heterocycles. The maximum atomic E-state index is 13.6. The Labute approximate surface area is 222 Å². The van der Waals surface area contributed by atoms with Crippen molar-refractivity contribution in [1.29, 1.82) is 0 Å². The van der Waals surface area contributed by atoms with Gasteiger partial charge in [-0.05, 0) is 25.0 Å². The second-order valence-electron chi connectivity index (χ2n) is 8.81. The lowest BCUT2D eigenvalue weighted by Crippen LogP contribution is -2.52. The largest absolute Gasteiger partial charge is 0.490 e. The van der Waals surface area contributed by atoms with Crippen molar-refractivity contribution in [3.8, 4) is 11.3 Å². The van der Waals surface area contributed by atoms with Gasteiger partial charge in [0.15, 0.2) is 11.5 Å². The van der Waals surface area contributed by atoms with Crippen LogP contribution >= 0.6 is 0 Å². The van der Waals surface area contributed by atoms with Gasteiger partial charge in [0.25, 0.3) is 0 Å². The van der Waals surface area contributed by atoms with Crippen LogP contribution in [-0.4, -0.2) is 86.0 Å². The third kappa shape index (κ3) is 7.80. The average molecular weight is 579 g/mol. The highest BCUT2D eigenvalue weighted by molar-refractivity contribution is 5.73. The van der Waals surface area contributed by atoms with Gasteiger partial charge in [0.1, 0.15) is 5.82 Å². The Bertz CT molecular complexity index is 1290. The van der Waals surface area contributed by atoms with Crippen molar-refractivity contribution in [2.75, 3.05) is 31.1 Å². The third-order valence-corrected chi connectivity index (χ3v) is 6.22. The van der Waals surface area contributed by atoms with Crippen molar-refractivity contribution in [2.24, 2.45) is 0 Å². The highest BCUT2D eigenvalue weighted by atomic mass is 19.4. The molecule has 0 spiro atoms. The first-order valence-corrected chi connectivity index (χ1v) is 11.9. The molecule has 1 aliphatic heterocycles. The van der Waals surface area contributed by atoms with Crippen molar-refractivity contribution in [3.05, 3.63) is 48.7 Å². The second kappa shape index (κ2) is 12.5. The summed E-state index contributed by atoms with van der Waals surface area (Å²) in [4.78, 5) is 31.9. The highest BCUT2D eigenvalue weighted by Gasteiger charge is 2.39. The third-order valence-electron chi connectivity index (χ3n) is 6.22. The zero-order chi connectivity index (χ0) is 29.7. The van der Waals surface area contributed by atoms with E-state index in [2.05, 4.69) is 19.8 Å². The van der Waals surface area contributed by atoms with E-state index in [0.717, 1.165) is 54.9 Å². The van der Waals surface area contributed by atoms with Gasteiger partial charge in [-0.2, -0.15) is 26.3 Å². The topological polar surface area (TPSA) is 111 Å². The van der Waals surface area contributed by atoms with Gasteiger partial charge in [-0.1, -0.05) is 18.6 Å². The van der Waals surface area contributed by atoms with Gasteiger partial charge in [0.05, 0.1) is 11.9 Å². The van der Waals surface area contributed by atoms with Crippen LogP contribution in [-0.2, 0) is 9.59 Å². The van der Waals surface area contributed by atoms with Crippen molar-refractivity contribution in [1.82, 2.24) is 19.3 Å². The van der Waals surface area contributed by atoms with Crippen molar-refractivity contribution in [3.63, 3.8) is 0 Å². The fourth-order valence-corrected chi connectivity index (χ4v) is 4.04. The number of anilines is 1. The van der Waals surface area contributed by atoms with E-state index in [-0.39, 0.29) is 5.82 Å². The Morgan fingerprint density at radius 2 is 1.48 bits per heavy atom. The number of hydrogen-bond acceptors (Lipinski definition) is 6. The van der Waals surface area contributed by atoms with Gasteiger partial charge < -0.3 is 15.1 Å². The molecule has 218 valence electrons. The van der Waals surface area contributed by atoms with Gasteiger partial charge in [-0.25, -0.2) is 23.9 Å². The molecule has 2 aromatic heterocycles. The Kier molecular flexibility index (Phi) is 9.55. The molecule has 1 saturated carbocycles. The van der Waals surface area contributed by atoms with Gasteiger partial charge in [-0.15, -0.1) is 0 Å². The van der Waals surface area contributed by atoms with E-state index in [1.165, 1.54) is 25.3 Å². The summed E-state index contributed by atoms with van der Waals surface area (Å²) in [5.41, 5.74) is 2.55. The SMILES string of the molecule is Fc1cccc(-c2cnc3c(N4CCN(C5CCC5)CC4)nccn23)c1.O=C(O)C(F)(F)F.O=C(O)C(F)(F)F. The summed E-state index contributed by atoms with van der Waals surface area (Å²) < 4.78 is 79.1. The van der Waals surface area contributed by atoms with Crippen LogP contribution < -0.4 is 4.90 Å². The van der Waals surface area contributed by atoms with E-state index >= 15 is 0 Å². The average Bonchev–Trinajstić information content (AvgIpc) is 3.28. The maximum Gasteiger partial charge on any atom is 0.490 e. The van der Waals surface area contributed by atoms with E-state index in [9.17, 15) is 30.7 Å². The first-order valence-electron chi connectivity index (χ1n) is 11.9. The number of carboxylic acid groups (broad SMARTS) is 2. The Balaban J connectivity index is 0.000000263. The first-order chi connectivity index (χ1) is 18.7. The monoisotopic (exact) mass is 579 g/mol. The number of fused-ring (bicyclic) bond motifs is 1. The number of aromatic nitrogens is 3. The molecule has 0 bridgehead atoms. The molecule has 3 aromatic rings. The van der Waals surface area contributed by atoms with Crippen molar-refractivity contribution in [2.45, 2.75) is 37.7 Å². The summed E-state index contributed by atoms with van der Waals surface area (Å²) in [7, 11) is 0. The molecule has 0 unspecified atom stereocenters. The van der Waals surface area contributed by atoms with Crippen LogP contribution in [0.3, 0.4) is 0 Å². The number of imidazole rings is 1. The zero-order valence-electron chi connectivity index (χ0n) is 20.7. The quantitative estimate of drug-likeness (QED) is 0.438. The summed E-state index contributed by atoms with van der Waals surface area (Å²) in [6.45, 7) is 4.13. The highest BCUT2D eigenvalue weighted by Crippen LogP contribution is 2.29. The molecule has 1 saturated heterocycles. The molecule has 2 N–H and O–H groups in total. The van der Waals surface area contributed by atoms with Crippen LogP contribution in [0.2, 0.25) is 0 Å². The Morgan fingerprint density at radius 3 is 1.95 bits per heavy atom. The first kappa shape index (κ1) is 30.6. The molecule has 5 rings (SSSR count). The van der Waals surface area contributed by atoms with E-state index in [1.807, 2.05) is 22.9 Å². The molecule has 2 fully saturated rings. The molecule has 0 radical (unpaired) electrons. The van der Waals surface area contributed by atoms with Crippen LogP contribution in [0, 0.1) is 5.82 Å². The molecule has 2 aliphatic rings. The van der Waals surface area contributed by atoms with E-state index in [0.29, 0.717) is 0 Å². The van der Waals surface area contributed by atoms with Gasteiger partial charge in [0, 0.05) is 50.2 Å². The predicted octanol–water partition coefficient (Wildman–Crippen LogP) is 4.48. The molecule has 40 heavy (non-hydrogen) atoms. The van der Waals surface area contributed by atoms with E-state index < -0.39 is 24.3 Å². The summed E-state index contributed by atoms with van der Waals surface area (Å²) in [6, 6.07) is 7.44. The second-order valence-corrected chi connectivity index (χ2v) is 8.81. The number of nitrogens with zero attached hydrogens (tertiary/aromatic N) is 5. The number of carboxylic acids is 2. The van der Waals surface area contributed by atoms with Crippen LogP contribution in [0.15, 0.2) is 42.9 Å². The summed E-state index contributed by atoms with van der Waals surface area (Å²) >= 11 is 0. The Hall–Kier alpha value is -3.95. The van der Waals surface area contributed by atoms with E-state index in [4.69, 9.17) is 19.8 Å². The lowest BCUT2D eigenvalue weighted by molar-refractivity contribution is -0.193. The zero-order valence-corrected chi connectivity index (χ0v) is 20.7. The standard InChI is InChI=1S/C20H22FN5.2C2HF3O2/c21-16-4-1-3-15(13-16)18-14-23-20-19(22-7-8-26(18)20)25-11-9-24(10-12-25)17-5-2-6-17;2*3-2(4,5)1(6)7/h1,3-4,7-8,13-14,17H,2,5-6,9-12H2;2*(H,6,7). The number of rotatable bonds is 3. The minimum atomic E-state index is -5.08. The molecule has 0 amide bonds. The van der Waals surface area contributed by atoms with E-state index in [1.54, 1.807) is 18.3 Å². The Morgan fingerprint density at radius 1 is 0.900 bits per heavy atom. The van der Waals surface area contributed by atoms with Crippen molar-refractivity contribution >= 4 is 23.4 Å². The molecule has 16 heteroatoms. The van der Waals surface area contributed by atoms with Gasteiger partial charge in [-0.3, -0.25) is 9.30 Å². The van der Waals surface area contributed by atoms with Crippen LogP contribution in [0.25, 0.3) is 16.9 Å². The minimum Gasteiger partial charge on any atom is -0.475 e. The van der Waals surface area contributed by atoms with Crippen LogP contribution in [0.4, 0.5) is 36.6 Å². The minimum absolute atomic E-state index is 0.237. The molecule has 1 aromatic carbocycles. The number of carbonyl (C=O) groups is 2. The lowest BCUT2D eigenvalue weighted by Gasteiger charge is -2.43. The number of benzene rings is 1. The van der Waals surface area contributed by atoms with Gasteiger partial charge >= 0.3 is 24.3 Å². The summed E-state index contributed by atoms with van der Waals surface area (Å²) in [6.07, 6.45) is -0.569. The molecular formula is C24H24F7N5O4. The molecule has 9 nitrogen and oxygen atoms in total. The number of halogens is 7. The number of hydrogen-bond donors (Lipinski definition) is 2. The fourth-order valence-electron chi connectivity index (χ4n) is 4.04.